The van der Waals surface area contributed by atoms with Crippen LogP contribution >= 0.6 is 15.9 Å². The van der Waals surface area contributed by atoms with E-state index in [0.717, 1.165) is 42.3 Å². The summed E-state index contributed by atoms with van der Waals surface area (Å²) in [7, 11) is 0. The molecule has 1 heterocycles. The highest BCUT2D eigenvalue weighted by Crippen LogP contribution is 2.13. The summed E-state index contributed by atoms with van der Waals surface area (Å²) in [5.41, 5.74) is -0.633. The molecule has 1 aromatic rings. The Morgan fingerprint density at radius 1 is 1.15 bits per heavy atom. The molecule has 0 radical (unpaired) electrons. The number of carboxylic acid groups (broad SMARTS) is 1. The molecule has 1 aromatic carbocycles. The van der Waals surface area contributed by atoms with E-state index in [1.54, 1.807) is 24.3 Å². The number of carbonyl (C=O) groups excluding carboxylic acids is 3. The van der Waals surface area contributed by atoms with Gasteiger partial charge in [0.1, 0.15) is 17.6 Å². The third-order valence-electron chi connectivity index (χ3n) is 5.82. The normalized spacial score (nSPS) is 17.5. The van der Waals surface area contributed by atoms with Gasteiger partial charge < -0.3 is 26.4 Å². The van der Waals surface area contributed by atoms with Crippen molar-refractivity contribution in [3.05, 3.63) is 34.3 Å². The number of carboxylic acids is 1. The topological polar surface area (TPSA) is 137 Å². The lowest BCUT2D eigenvalue weighted by Crippen LogP contribution is -2.61. The largest absolute Gasteiger partial charge is 0.480 e. The molecule has 1 fully saturated rings. The summed E-state index contributed by atoms with van der Waals surface area (Å²) in [5.74, 6) is -2.49. The highest BCUT2D eigenvalue weighted by Gasteiger charge is 2.35. The van der Waals surface area contributed by atoms with E-state index < -0.39 is 35.4 Å². The maximum absolute atomic E-state index is 13.0. The molecule has 1 aliphatic heterocycles. The van der Waals surface area contributed by atoms with Crippen LogP contribution in [-0.4, -0.2) is 59.0 Å². The minimum absolute atomic E-state index is 0.0992. The van der Waals surface area contributed by atoms with Gasteiger partial charge in [0.15, 0.2) is 0 Å². The van der Waals surface area contributed by atoms with E-state index in [-0.39, 0.29) is 18.4 Å². The fraction of sp³-hybridized carbons (Fsp3) is 0.583. The zero-order valence-corrected chi connectivity index (χ0v) is 21.5. The summed E-state index contributed by atoms with van der Waals surface area (Å²) in [4.78, 5) is 50.2. The van der Waals surface area contributed by atoms with Gasteiger partial charge in [0, 0.05) is 10.9 Å². The second-order valence-corrected chi connectivity index (χ2v) is 10.1. The molecule has 0 bridgehead atoms. The average molecular weight is 539 g/mol. The Labute approximate surface area is 209 Å². The molecule has 0 unspecified atom stereocenters. The third kappa shape index (κ3) is 8.39. The molecular weight excluding hydrogens is 504 g/mol. The molecule has 0 saturated carbocycles. The molecule has 0 aliphatic carbocycles. The van der Waals surface area contributed by atoms with Crippen LogP contribution in [0.4, 0.5) is 0 Å². The second kappa shape index (κ2) is 12.9. The van der Waals surface area contributed by atoms with Crippen LogP contribution in [0.1, 0.15) is 58.4 Å². The zero-order valence-electron chi connectivity index (χ0n) is 19.9. The first-order valence-corrected chi connectivity index (χ1v) is 12.5. The molecule has 3 amide bonds. The Kier molecular flexibility index (Phi) is 10.5. The predicted octanol–water partition coefficient (Wildman–Crippen LogP) is 1.88. The standard InChI is InChI=1S/C24H35BrN4O5/c1-4-5-7-18(27-20(30)17-8-6-13-26-17)21(31)29-24(2,3)23(34)28-19(22(32)33)14-15-9-11-16(25)12-10-15/h9-12,17-19,26H,4-8,13-14H2,1-3H3,(H,27,30)(H,28,34)(H,29,31)(H,32,33)/t17-,18-,19-/m0/s1. The van der Waals surface area contributed by atoms with Crippen LogP contribution in [0.3, 0.4) is 0 Å². The van der Waals surface area contributed by atoms with Crippen molar-refractivity contribution in [3.8, 4) is 0 Å². The molecule has 3 atom stereocenters. The van der Waals surface area contributed by atoms with Gasteiger partial charge in [-0.25, -0.2) is 4.79 Å². The van der Waals surface area contributed by atoms with Crippen molar-refractivity contribution in [1.29, 1.82) is 0 Å². The van der Waals surface area contributed by atoms with E-state index in [0.29, 0.717) is 6.42 Å². The van der Waals surface area contributed by atoms with Crippen molar-refractivity contribution in [3.63, 3.8) is 0 Å². The molecule has 188 valence electrons. The number of benzene rings is 1. The number of amides is 3. The van der Waals surface area contributed by atoms with Crippen molar-refractivity contribution < 1.29 is 24.3 Å². The van der Waals surface area contributed by atoms with Crippen LogP contribution in [-0.2, 0) is 25.6 Å². The number of carbonyl (C=O) groups is 4. The lowest BCUT2D eigenvalue weighted by molar-refractivity contribution is -0.143. The highest BCUT2D eigenvalue weighted by atomic mass is 79.9. The van der Waals surface area contributed by atoms with Crippen molar-refractivity contribution in [2.24, 2.45) is 0 Å². The molecule has 2 rings (SSSR count). The van der Waals surface area contributed by atoms with E-state index >= 15 is 0 Å². The van der Waals surface area contributed by atoms with Crippen molar-refractivity contribution >= 4 is 39.6 Å². The highest BCUT2D eigenvalue weighted by molar-refractivity contribution is 9.10. The Morgan fingerprint density at radius 2 is 1.82 bits per heavy atom. The van der Waals surface area contributed by atoms with E-state index in [9.17, 15) is 24.3 Å². The summed E-state index contributed by atoms with van der Waals surface area (Å²) < 4.78 is 0.865. The van der Waals surface area contributed by atoms with Gasteiger partial charge in [-0.2, -0.15) is 0 Å². The van der Waals surface area contributed by atoms with Crippen molar-refractivity contribution in [2.75, 3.05) is 6.54 Å². The summed E-state index contributed by atoms with van der Waals surface area (Å²) >= 11 is 3.33. The number of hydrogen-bond acceptors (Lipinski definition) is 5. The summed E-state index contributed by atoms with van der Waals surface area (Å²) in [6.07, 6.45) is 3.75. The molecule has 9 nitrogen and oxygen atoms in total. The Bertz CT molecular complexity index is 869. The second-order valence-electron chi connectivity index (χ2n) is 9.16. The minimum atomic E-state index is -1.38. The molecule has 1 aliphatic rings. The fourth-order valence-corrected chi connectivity index (χ4v) is 3.97. The first-order chi connectivity index (χ1) is 16.0. The number of aliphatic carboxylic acids is 1. The number of rotatable bonds is 12. The van der Waals surface area contributed by atoms with Gasteiger partial charge in [-0.05, 0) is 57.4 Å². The molecule has 5 N–H and O–H groups in total. The molecule has 34 heavy (non-hydrogen) atoms. The monoisotopic (exact) mass is 538 g/mol. The van der Waals surface area contributed by atoms with Crippen LogP contribution in [0.25, 0.3) is 0 Å². The Morgan fingerprint density at radius 3 is 2.38 bits per heavy atom. The summed E-state index contributed by atoms with van der Waals surface area (Å²) in [6, 6.07) is 4.90. The number of nitrogens with one attached hydrogen (secondary N) is 4. The van der Waals surface area contributed by atoms with E-state index in [1.807, 2.05) is 6.92 Å². The molecular formula is C24H35BrN4O5. The van der Waals surface area contributed by atoms with Crippen LogP contribution in [0.5, 0.6) is 0 Å². The zero-order chi connectivity index (χ0) is 25.3. The van der Waals surface area contributed by atoms with Gasteiger partial charge in [-0.1, -0.05) is 47.8 Å². The smallest absolute Gasteiger partial charge is 0.326 e. The lowest BCUT2D eigenvalue weighted by Gasteiger charge is -2.30. The maximum Gasteiger partial charge on any atom is 0.326 e. The molecule has 10 heteroatoms. The van der Waals surface area contributed by atoms with Crippen LogP contribution in [0, 0.1) is 0 Å². The van der Waals surface area contributed by atoms with Crippen molar-refractivity contribution in [1.82, 2.24) is 21.3 Å². The third-order valence-corrected chi connectivity index (χ3v) is 6.34. The van der Waals surface area contributed by atoms with Gasteiger partial charge >= 0.3 is 5.97 Å². The lowest BCUT2D eigenvalue weighted by atomic mass is 10.00. The van der Waals surface area contributed by atoms with Gasteiger partial charge in [0.05, 0.1) is 6.04 Å². The van der Waals surface area contributed by atoms with Gasteiger partial charge in [0.25, 0.3) is 0 Å². The summed E-state index contributed by atoms with van der Waals surface area (Å²) in [6.45, 7) is 5.78. The van der Waals surface area contributed by atoms with Crippen LogP contribution in [0.15, 0.2) is 28.7 Å². The SMILES string of the molecule is CCCC[C@H](NC(=O)[C@@H]1CCCN1)C(=O)NC(C)(C)C(=O)N[C@@H](Cc1ccc(Br)cc1)C(=O)O. The number of halogens is 1. The maximum atomic E-state index is 13.0. The van der Waals surface area contributed by atoms with Crippen LogP contribution in [0.2, 0.25) is 0 Å². The van der Waals surface area contributed by atoms with Crippen molar-refractivity contribution in [2.45, 2.75) is 83.0 Å². The van der Waals surface area contributed by atoms with E-state index in [2.05, 4.69) is 37.2 Å². The molecule has 1 saturated heterocycles. The molecule has 0 spiro atoms. The fourth-order valence-electron chi connectivity index (χ4n) is 3.70. The molecule has 0 aromatic heterocycles. The first kappa shape index (κ1) is 27.8. The first-order valence-electron chi connectivity index (χ1n) is 11.7. The Hall–Kier alpha value is -2.46. The number of hydrogen-bond donors (Lipinski definition) is 5. The number of unbranched alkanes of at least 4 members (excludes halogenated alkanes) is 1. The van der Waals surface area contributed by atoms with Gasteiger partial charge in [-0.3, -0.25) is 14.4 Å². The van der Waals surface area contributed by atoms with Gasteiger partial charge in [-0.15, -0.1) is 0 Å². The van der Waals surface area contributed by atoms with E-state index in [4.69, 9.17) is 0 Å². The predicted molar refractivity (Wildman–Crippen MR) is 132 cm³/mol. The average Bonchev–Trinajstić information content (AvgIpc) is 3.32. The van der Waals surface area contributed by atoms with E-state index in [1.165, 1.54) is 13.8 Å². The van der Waals surface area contributed by atoms with Gasteiger partial charge in [0.2, 0.25) is 17.7 Å². The Balaban J connectivity index is 2.03. The quantitative estimate of drug-likeness (QED) is 0.275. The minimum Gasteiger partial charge on any atom is -0.480 e. The van der Waals surface area contributed by atoms with Crippen LogP contribution < -0.4 is 21.3 Å². The summed E-state index contributed by atoms with van der Waals surface area (Å²) in [5, 5.41) is 20.8.